The summed E-state index contributed by atoms with van der Waals surface area (Å²) in [5.74, 6) is -4.91. The molecular weight excluding hydrogens is 372 g/mol. The molecule has 9 heteroatoms. The molecule has 0 spiro atoms. The lowest BCUT2D eigenvalue weighted by Gasteiger charge is -2.10. The van der Waals surface area contributed by atoms with Crippen molar-refractivity contribution in [3.63, 3.8) is 0 Å². The lowest BCUT2D eigenvalue weighted by atomic mass is 10.1. The monoisotopic (exact) mass is 385 g/mol. The first-order chi connectivity index (χ1) is 12.8. The molecule has 1 N–H and O–H groups in total. The first kappa shape index (κ1) is 18.8. The van der Waals surface area contributed by atoms with Gasteiger partial charge in [-0.2, -0.15) is 13.9 Å². The van der Waals surface area contributed by atoms with Crippen molar-refractivity contribution >= 4 is 5.69 Å². The van der Waals surface area contributed by atoms with Crippen molar-refractivity contribution in [1.29, 1.82) is 0 Å². The minimum atomic E-state index is -2.84. The second kappa shape index (κ2) is 7.34. The number of nitrogens with zero attached hydrogens (tertiary/aromatic N) is 2. The van der Waals surface area contributed by atoms with Gasteiger partial charge in [0.2, 0.25) is 0 Å². The van der Waals surface area contributed by atoms with E-state index >= 15 is 0 Å². The molecule has 3 rings (SSSR count). The van der Waals surface area contributed by atoms with E-state index in [0.717, 1.165) is 24.4 Å². The molecule has 3 aromatic rings. The fourth-order valence-corrected chi connectivity index (χ4v) is 2.59. The summed E-state index contributed by atoms with van der Waals surface area (Å²) in [4.78, 5) is 0. The summed E-state index contributed by atoms with van der Waals surface area (Å²) in [6, 6.07) is 5.77. The van der Waals surface area contributed by atoms with Gasteiger partial charge in [0.1, 0.15) is 5.82 Å². The van der Waals surface area contributed by atoms with Crippen LogP contribution >= 0.6 is 0 Å². The third-order valence-electron chi connectivity index (χ3n) is 3.97. The third-order valence-corrected chi connectivity index (χ3v) is 3.97. The second-order valence-corrected chi connectivity index (χ2v) is 5.77. The van der Waals surface area contributed by atoms with E-state index in [9.17, 15) is 26.3 Å². The number of alkyl halides is 2. The van der Waals surface area contributed by atoms with Crippen molar-refractivity contribution in [3.05, 3.63) is 71.1 Å². The van der Waals surface area contributed by atoms with Crippen LogP contribution in [0.4, 0.5) is 32.0 Å². The number of halogens is 6. The van der Waals surface area contributed by atoms with Crippen LogP contribution < -0.4 is 5.32 Å². The summed E-state index contributed by atoms with van der Waals surface area (Å²) in [6.45, 7) is -1.57. The van der Waals surface area contributed by atoms with Gasteiger partial charge in [0, 0.05) is 35.1 Å². The molecule has 1 heterocycles. The topological polar surface area (TPSA) is 29.9 Å². The molecule has 0 aliphatic rings. The van der Waals surface area contributed by atoms with Crippen LogP contribution in [-0.4, -0.2) is 9.78 Å². The summed E-state index contributed by atoms with van der Waals surface area (Å²) < 4.78 is 80.0. The Hall–Kier alpha value is -2.97. The molecule has 0 atom stereocenters. The van der Waals surface area contributed by atoms with E-state index < -0.39 is 29.8 Å². The summed E-state index contributed by atoms with van der Waals surface area (Å²) >= 11 is 0. The first-order valence-electron chi connectivity index (χ1n) is 7.78. The Morgan fingerprint density at radius 1 is 0.963 bits per heavy atom. The van der Waals surface area contributed by atoms with E-state index in [1.165, 1.54) is 19.1 Å². The van der Waals surface area contributed by atoms with E-state index in [0.29, 0.717) is 4.68 Å². The lowest BCUT2D eigenvalue weighted by Crippen LogP contribution is -2.05. The molecule has 0 aliphatic carbocycles. The van der Waals surface area contributed by atoms with Crippen molar-refractivity contribution in [2.45, 2.75) is 20.0 Å². The van der Waals surface area contributed by atoms with Gasteiger partial charge in [0.05, 0.1) is 5.69 Å². The fourth-order valence-electron chi connectivity index (χ4n) is 2.59. The van der Waals surface area contributed by atoms with E-state index in [4.69, 9.17) is 0 Å². The zero-order chi connectivity index (χ0) is 19.7. The van der Waals surface area contributed by atoms with Gasteiger partial charge >= 0.3 is 6.55 Å². The van der Waals surface area contributed by atoms with Crippen molar-refractivity contribution in [1.82, 2.24) is 9.78 Å². The van der Waals surface area contributed by atoms with E-state index in [-0.39, 0.29) is 34.6 Å². The molecular formula is C18H13F6N3. The maximum absolute atomic E-state index is 14.4. The van der Waals surface area contributed by atoms with Crippen molar-refractivity contribution in [3.8, 4) is 11.1 Å². The van der Waals surface area contributed by atoms with E-state index in [1.54, 1.807) is 0 Å². The highest BCUT2D eigenvalue weighted by atomic mass is 19.3. The van der Waals surface area contributed by atoms with Crippen LogP contribution in [-0.2, 0) is 6.54 Å². The van der Waals surface area contributed by atoms with Crippen molar-refractivity contribution in [2.24, 2.45) is 0 Å². The molecule has 0 aliphatic heterocycles. The molecule has 0 radical (unpaired) electrons. The highest BCUT2D eigenvalue weighted by Gasteiger charge is 2.16. The Morgan fingerprint density at radius 3 is 2.33 bits per heavy atom. The average Bonchev–Trinajstić information content (AvgIpc) is 3.01. The normalized spacial score (nSPS) is 11.3. The van der Waals surface area contributed by atoms with Gasteiger partial charge in [-0.3, -0.25) is 0 Å². The Labute approximate surface area is 150 Å². The van der Waals surface area contributed by atoms with Gasteiger partial charge in [-0.05, 0) is 31.2 Å². The SMILES string of the molecule is Cc1nn(C(F)F)cc1-c1ccc(NCc2ccc(F)c(F)c2F)cc1F. The fraction of sp³-hybridized carbons (Fsp3) is 0.167. The second-order valence-electron chi connectivity index (χ2n) is 5.77. The van der Waals surface area contributed by atoms with Gasteiger partial charge in [0.15, 0.2) is 17.5 Å². The number of rotatable bonds is 5. The number of anilines is 1. The third kappa shape index (κ3) is 3.76. The molecule has 1 aromatic heterocycles. The number of nitrogens with one attached hydrogen (secondary N) is 1. The zero-order valence-corrected chi connectivity index (χ0v) is 13.9. The highest BCUT2D eigenvalue weighted by molar-refractivity contribution is 5.68. The summed E-state index contributed by atoms with van der Waals surface area (Å²) in [5.41, 5.74) is 0.639. The molecule has 0 fully saturated rings. The zero-order valence-electron chi connectivity index (χ0n) is 13.9. The summed E-state index contributed by atoms with van der Waals surface area (Å²) in [7, 11) is 0. The molecule has 0 unspecified atom stereocenters. The van der Waals surface area contributed by atoms with Crippen LogP contribution in [0.3, 0.4) is 0 Å². The van der Waals surface area contributed by atoms with Gasteiger partial charge in [-0.1, -0.05) is 6.07 Å². The maximum atomic E-state index is 14.4. The summed E-state index contributed by atoms with van der Waals surface area (Å²) in [5, 5.41) is 6.32. The summed E-state index contributed by atoms with van der Waals surface area (Å²) in [6.07, 6.45) is 1.04. The quantitative estimate of drug-likeness (QED) is 0.469. The predicted molar refractivity (Wildman–Crippen MR) is 87.3 cm³/mol. The van der Waals surface area contributed by atoms with Crippen LogP contribution in [0.1, 0.15) is 17.8 Å². The molecule has 0 bridgehead atoms. The number of benzene rings is 2. The maximum Gasteiger partial charge on any atom is 0.333 e. The van der Waals surface area contributed by atoms with Crippen molar-refractivity contribution in [2.75, 3.05) is 5.32 Å². The van der Waals surface area contributed by atoms with Crippen LogP contribution in [0.2, 0.25) is 0 Å². The number of aromatic nitrogens is 2. The van der Waals surface area contributed by atoms with Crippen LogP contribution in [0.15, 0.2) is 36.5 Å². The van der Waals surface area contributed by atoms with E-state index in [1.807, 2.05) is 0 Å². The molecule has 27 heavy (non-hydrogen) atoms. The standard InChI is InChI=1S/C18H13F6N3/c1-9-13(8-27(26-9)18(23)24)12-4-3-11(6-15(12)20)25-7-10-2-5-14(19)17(22)16(10)21/h2-6,8,18,25H,7H2,1H3. The van der Waals surface area contributed by atoms with Crippen LogP contribution in [0.5, 0.6) is 0 Å². The molecule has 142 valence electrons. The molecule has 2 aromatic carbocycles. The first-order valence-corrected chi connectivity index (χ1v) is 7.78. The van der Waals surface area contributed by atoms with Crippen LogP contribution in [0, 0.1) is 30.2 Å². The molecule has 0 saturated carbocycles. The average molecular weight is 385 g/mol. The smallest absolute Gasteiger partial charge is 0.333 e. The minimum Gasteiger partial charge on any atom is -0.381 e. The Morgan fingerprint density at radius 2 is 1.70 bits per heavy atom. The molecule has 3 nitrogen and oxygen atoms in total. The van der Waals surface area contributed by atoms with Gasteiger partial charge in [-0.15, -0.1) is 0 Å². The Kier molecular flexibility index (Phi) is 5.11. The largest absolute Gasteiger partial charge is 0.381 e. The molecule has 0 amide bonds. The molecule has 0 saturated heterocycles. The number of hydrogen-bond acceptors (Lipinski definition) is 2. The van der Waals surface area contributed by atoms with Gasteiger partial charge in [0.25, 0.3) is 0 Å². The minimum absolute atomic E-state index is 0.0731. The van der Waals surface area contributed by atoms with Gasteiger partial charge < -0.3 is 5.32 Å². The Bertz CT molecular complexity index is 983. The van der Waals surface area contributed by atoms with Crippen molar-refractivity contribution < 1.29 is 26.3 Å². The lowest BCUT2D eigenvalue weighted by molar-refractivity contribution is 0.0563. The predicted octanol–water partition coefficient (Wildman–Crippen LogP) is 5.42. The Balaban J connectivity index is 1.80. The van der Waals surface area contributed by atoms with Gasteiger partial charge in [-0.25, -0.2) is 22.2 Å². The number of aryl methyl sites for hydroxylation is 1. The van der Waals surface area contributed by atoms with Crippen LogP contribution in [0.25, 0.3) is 11.1 Å². The van der Waals surface area contributed by atoms with E-state index in [2.05, 4.69) is 10.4 Å². The number of hydrogen-bond donors (Lipinski definition) is 1. The highest BCUT2D eigenvalue weighted by Crippen LogP contribution is 2.29.